The van der Waals surface area contributed by atoms with Crippen LogP contribution in [0.5, 0.6) is 0 Å². The van der Waals surface area contributed by atoms with E-state index in [1.807, 2.05) is 13.0 Å². The Morgan fingerprint density at radius 2 is 1.92 bits per heavy atom. The number of hydrogen-bond acceptors (Lipinski definition) is 5. The van der Waals surface area contributed by atoms with Crippen LogP contribution in [0.3, 0.4) is 0 Å². The Morgan fingerprint density at radius 1 is 1.19 bits per heavy atom. The summed E-state index contributed by atoms with van der Waals surface area (Å²) >= 11 is 1.44. The van der Waals surface area contributed by atoms with Gasteiger partial charge in [0.1, 0.15) is 17.1 Å². The third-order valence-corrected chi connectivity index (χ3v) is 5.22. The second-order valence-electron chi connectivity index (χ2n) is 6.30. The quantitative estimate of drug-likeness (QED) is 0.738. The molecule has 0 saturated carbocycles. The van der Waals surface area contributed by atoms with Gasteiger partial charge in [-0.3, -0.25) is 4.79 Å². The van der Waals surface area contributed by atoms with Crippen LogP contribution in [0.2, 0.25) is 0 Å². The Kier molecular flexibility index (Phi) is 6.91. The van der Waals surface area contributed by atoms with Crippen LogP contribution in [-0.2, 0) is 15.3 Å². The van der Waals surface area contributed by atoms with Gasteiger partial charge in [-0.05, 0) is 50.5 Å². The maximum Gasteiger partial charge on any atom is 0.341 e. The number of furan rings is 1. The van der Waals surface area contributed by atoms with Crippen LogP contribution in [0.1, 0.15) is 51.5 Å². The standard InChI is InChI=1S/C20H25NO4S/c1-12-6-7-16(8-13(12)2)14(3)21-19(22)11-26-10-17-9-18(15(4)25-17)20(23)24-5/h6-9,14H,10-11H2,1-5H3,(H,21,22). The van der Waals surface area contributed by atoms with E-state index in [9.17, 15) is 9.59 Å². The molecule has 5 nitrogen and oxygen atoms in total. The van der Waals surface area contributed by atoms with Crippen LogP contribution in [-0.4, -0.2) is 24.7 Å². The van der Waals surface area contributed by atoms with E-state index < -0.39 is 5.97 Å². The zero-order valence-electron chi connectivity index (χ0n) is 15.8. The Hall–Kier alpha value is -2.21. The number of methoxy groups -OCH3 is 1. The van der Waals surface area contributed by atoms with Gasteiger partial charge in [-0.25, -0.2) is 4.79 Å². The lowest BCUT2D eigenvalue weighted by Gasteiger charge is -2.15. The molecule has 0 bridgehead atoms. The molecule has 1 N–H and O–H groups in total. The summed E-state index contributed by atoms with van der Waals surface area (Å²) in [4.78, 5) is 23.7. The number of amides is 1. The molecule has 1 atom stereocenters. The van der Waals surface area contributed by atoms with Gasteiger partial charge in [-0.2, -0.15) is 0 Å². The molecule has 1 aromatic carbocycles. The molecule has 6 heteroatoms. The molecule has 0 saturated heterocycles. The van der Waals surface area contributed by atoms with Gasteiger partial charge >= 0.3 is 5.97 Å². The molecule has 26 heavy (non-hydrogen) atoms. The van der Waals surface area contributed by atoms with Gasteiger partial charge in [-0.1, -0.05) is 18.2 Å². The third-order valence-electron chi connectivity index (χ3n) is 4.26. The summed E-state index contributed by atoms with van der Waals surface area (Å²) in [6, 6.07) is 7.84. The average Bonchev–Trinajstić information content (AvgIpc) is 2.97. The molecule has 0 fully saturated rings. The lowest BCUT2D eigenvalue weighted by atomic mass is 10.0. The van der Waals surface area contributed by atoms with Gasteiger partial charge in [0.2, 0.25) is 5.91 Å². The highest BCUT2D eigenvalue weighted by Gasteiger charge is 2.16. The normalized spacial score (nSPS) is 11.9. The van der Waals surface area contributed by atoms with Gasteiger partial charge in [0.25, 0.3) is 0 Å². The predicted octanol–water partition coefficient (Wildman–Crippen LogP) is 4.10. The van der Waals surface area contributed by atoms with Crippen molar-refractivity contribution in [1.82, 2.24) is 5.32 Å². The second-order valence-corrected chi connectivity index (χ2v) is 7.29. The maximum atomic E-state index is 12.2. The largest absolute Gasteiger partial charge is 0.465 e. The SMILES string of the molecule is COC(=O)c1cc(CSCC(=O)NC(C)c2ccc(C)c(C)c2)oc1C. The Balaban J connectivity index is 1.83. The fourth-order valence-corrected chi connectivity index (χ4v) is 3.29. The first kappa shape index (κ1) is 20.1. The zero-order valence-corrected chi connectivity index (χ0v) is 16.7. The number of aryl methyl sites for hydroxylation is 3. The van der Waals surface area contributed by atoms with Crippen molar-refractivity contribution in [3.8, 4) is 0 Å². The van der Waals surface area contributed by atoms with E-state index in [-0.39, 0.29) is 11.9 Å². The summed E-state index contributed by atoms with van der Waals surface area (Å²) in [5, 5.41) is 3.01. The van der Waals surface area contributed by atoms with E-state index in [2.05, 4.69) is 31.3 Å². The third kappa shape index (κ3) is 5.14. The summed E-state index contributed by atoms with van der Waals surface area (Å²) in [6.07, 6.45) is 0. The highest BCUT2D eigenvalue weighted by Crippen LogP contribution is 2.21. The molecule has 0 spiro atoms. The molecule has 0 aliphatic carbocycles. The van der Waals surface area contributed by atoms with Crippen LogP contribution in [0.4, 0.5) is 0 Å². The number of thioether (sulfide) groups is 1. The minimum absolute atomic E-state index is 0.0304. The van der Waals surface area contributed by atoms with E-state index in [4.69, 9.17) is 9.15 Å². The van der Waals surface area contributed by atoms with E-state index in [0.717, 1.165) is 5.56 Å². The number of nitrogens with one attached hydrogen (secondary N) is 1. The summed E-state index contributed by atoms with van der Waals surface area (Å²) < 4.78 is 10.2. The fraction of sp³-hybridized carbons (Fsp3) is 0.400. The Bertz CT molecular complexity index is 797. The molecule has 1 aromatic heterocycles. The molecule has 2 rings (SSSR count). The number of ether oxygens (including phenoxy) is 1. The van der Waals surface area contributed by atoms with Crippen molar-refractivity contribution in [3.05, 3.63) is 58.0 Å². The molecule has 2 aromatic rings. The lowest BCUT2D eigenvalue weighted by Crippen LogP contribution is -2.28. The number of carbonyl (C=O) groups is 2. The Labute approximate surface area is 158 Å². The van der Waals surface area contributed by atoms with Gasteiger partial charge in [0, 0.05) is 0 Å². The fourth-order valence-electron chi connectivity index (χ4n) is 2.57. The topological polar surface area (TPSA) is 68.5 Å². The zero-order chi connectivity index (χ0) is 19.3. The molecular formula is C20H25NO4S. The molecule has 140 valence electrons. The van der Waals surface area contributed by atoms with Gasteiger partial charge in [-0.15, -0.1) is 11.8 Å². The average molecular weight is 375 g/mol. The van der Waals surface area contributed by atoms with E-state index in [0.29, 0.717) is 28.6 Å². The van der Waals surface area contributed by atoms with E-state index in [1.165, 1.54) is 30.0 Å². The van der Waals surface area contributed by atoms with Crippen molar-refractivity contribution in [2.24, 2.45) is 0 Å². The molecule has 0 aliphatic heterocycles. The van der Waals surface area contributed by atoms with E-state index in [1.54, 1.807) is 13.0 Å². The molecule has 1 unspecified atom stereocenters. The summed E-state index contributed by atoms with van der Waals surface area (Å²) in [5.41, 5.74) is 3.97. The highest BCUT2D eigenvalue weighted by molar-refractivity contribution is 7.99. The van der Waals surface area contributed by atoms with Crippen molar-refractivity contribution in [1.29, 1.82) is 0 Å². The summed E-state index contributed by atoms with van der Waals surface area (Å²) in [7, 11) is 1.34. The van der Waals surface area contributed by atoms with Crippen LogP contribution in [0.25, 0.3) is 0 Å². The first-order valence-corrected chi connectivity index (χ1v) is 9.59. The monoisotopic (exact) mass is 375 g/mol. The maximum absolute atomic E-state index is 12.2. The van der Waals surface area contributed by atoms with Gasteiger partial charge in [0.15, 0.2) is 0 Å². The van der Waals surface area contributed by atoms with Crippen molar-refractivity contribution >= 4 is 23.6 Å². The Morgan fingerprint density at radius 3 is 2.58 bits per heavy atom. The van der Waals surface area contributed by atoms with Gasteiger partial charge in [0.05, 0.1) is 24.7 Å². The number of hydrogen-bond donors (Lipinski definition) is 1. The van der Waals surface area contributed by atoms with Crippen molar-refractivity contribution in [2.45, 2.75) is 39.5 Å². The predicted molar refractivity (Wildman–Crippen MR) is 103 cm³/mol. The van der Waals surface area contributed by atoms with Crippen LogP contribution < -0.4 is 5.32 Å². The van der Waals surface area contributed by atoms with Crippen molar-refractivity contribution in [2.75, 3.05) is 12.9 Å². The summed E-state index contributed by atoms with van der Waals surface area (Å²) in [5.74, 6) is 1.58. The minimum Gasteiger partial charge on any atom is -0.465 e. The first-order chi connectivity index (χ1) is 12.3. The van der Waals surface area contributed by atoms with Crippen LogP contribution in [0, 0.1) is 20.8 Å². The number of benzene rings is 1. The van der Waals surface area contributed by atoms with E-state index >= 15 is 0 Å². The molecule has 1 amide bonds. The number of esters is 1. The smallest absolute Gasteiger partial charge is 0.341 e. The van der Waals surface area contributed by atoms with Crippen LogP contribution >= 0.6 is 11.8 Å². The molecule has 1 heterocycles. The first-order valence-electron chi connectivity index (χ1n) is 8.43. The minimum atomic E-state index is -0.414. The molecule has 0 radical (unpaired) electrons. The number of rotatable bonds is 7. The highest BCUT2D eigenvalue weighted by atomic mass is 32.2. The van der Waals surface area contributed by atoms with Crippen molar-refractivity contribution < 1.29 is 18.7 Å². The molecular weight excluding hydrogens is 350 g/mol. The number of carbonyl (C=O) groups excluding carboxylic acids is 2. The van der Waals surface area contributed by atoms with Crippen LogP contribution in [0.15, 0.2) is 28.7 Å². The lowest BCUT2D eigenvalue weighted by molar-refractivity contribution is -0.119. The second kappa shape index (κ2) is 8.94. The molecule has 0 aliphatic rings. The van der Waals surface area contributed by atoms with Crippen molar-refractivity contribution in [3.63, 3.8) is 0 Å². The summed E-state index contributed by atoms with van der Waals surface area (Å²) in [6.45, 7) is 7.84. The van der Waals surface area contributed by atoms with Gasteiger partial charge < -0.3 is 14.5 Å².